The summed E-state index contributed by atoms with van der Waals surface area (Å²) in [5.74, 6) is -5.06. The first kappa shape index (κ1) is 26.1. The number of hydrogen-bond donors (Lipinski definition) is 2. The molecular formula is C24H23BrF3N3O5. The standard InChI is InChI=1S/C24H23BrF3N3O5/c1-24(7-13(32)8-25)3-2-20(33)19-11-31(24)23(36)18-6-21(34)15(10-30(18)19)22(35)29-9-14-16(27)4-12(26)5-17(14)28/h4-6,10,19-20,33H,2-3,7-9,11H2,1H3,(H,29,35). The van der Waals surface area contributed by atoms with Gasteiger partial charge in [0.05, 0.1) is 17.5 Å². The highest BCUT2D eigenvalue weighted by atomic mass is 79.9. The van der Waals surface area contributed by atoms with E-state index in [-0.39, 0.29) is 36.2 Å². The van der Waals surface area contributed by atoms with Crippen LogP contribution >= 0.6 is 15.9 Å². The monoisotopic (exact) mass is 569 g/mol. The van der Waals surface area contributed by atoms with Crippen molar-refractivity contribution in [3.8, 4) is 0 Å². The van der Waals surface area contributed by atoms with Gasteiger partial charge in [-0.3, -0.25) is 19.2 Å². The number of rotatable bonds is 6. The topological polar surface area (TPSA) is 109 Å². The van der Waals surface area contributed by atoms with E-state index in [4.69, 9.17) is 0 Å². The van der Waals surface area contributed by atoms with E-state index < -0.39 is 70.1 Å². The minimum atomic E-state index is -1.19. The SMILES string of the molecule is CC1(CC(=O)CBr)CCC(O)C2CN1C(=O)c1cc(=O)c(C(=O)NCc3c(F)cc(F)cc3F)cn12. The maximum atomic E-state index is 13.9. The molecule has 2 aliphatic heterocycles. The Morgan fingerprint density at radius 2 is 1.86 bits per heavy atom. The molecule has 0 radical (unpaired) electrons. The molecule has 2 amide bonds. The van der Waals surface area contributed by atoms with Gasteiger partial charge in [-0.2, -0.15) is 0 Å². The number of aromatic nitrogens is 1. The van der Waals surface area contributed by atoms with Crippen LogP contribution in [0.4, 0.5) is 13.2 Å². The molecule has 192 valence electrons. The van der Waals surface area contributed by atoms with Crippen molar-refractivity contribution in [3.05, 3.63) is 68.9 Å². The number of Topliss-reactive ketones (excluding diaryl/α,β-unsaturated/α-hetero) is 1. The second-order valence-electron chi connectivity index (χ2n) is 9.31. The zero-order valence-corrected chi connectivity index (χ0v) is 20.8. The van der Waals surface area contributed by atoms with Crippen LogP contribution in [0.15, 0.2) is 29.2 Å². The van der Waals surface area contributed by atoms with Crippen molar-refractivity contribution in [2.75, 3.05) is 11.9 Å². The van der Waals surface area contributed by atoms with E-state index in [2.05, 4.69) is 21.2 Å². The molecule has 2 bridgehead atoms. The number of alkyl halides is 1. The fraction of sp³-hybridized carbons (Fsp3) is 0.417. The Morgan fingerprint density at radius 3 is 2.50 bits per heavy atom. The molecule has 8 nitrogen and oxygen atoms in total. The Hall–Kier alpha value is -2.99. The molecule has 0 saturated carbocycles. The zero-order valence-electron chi connectivity index (χ0n) is 19.2. The van der Waals surface area contributed by atoms with Crippen molar-refractivity contribution in [2.45, 2.75) is 50.4 Å². The van der Waals surface area contributed by atoms with Crippen molar-refractivity contribution >= 4 is 33.5 Å². The molecule has 2 aliphatic rings. The molecule has 3 unspecified atom stereocenters. The van der Waals surface area contributed by atoms with Gasteiger partial charge in [-0.1, -0.05) is 15.9 Å². The molecule has 1 aromatic heterocycles. The van der Waals surface area contributed by atoms with E-state index in [9.17, 15) is 37.5 Å². The summed E-state index contributed by atoms with van der Waals surface area (Å²) < 4.78 is 42.3. The fourth-order valence-electron chi connectivity index (χ4n) is 4.88. The Bertz CT molecular complexity index is 1290. The van der Waals surface area contributed by atoms with Crippen molar-refractivity contribution in [1.82, 2.24) is 14.8 Å². The molecule has 1 saturated heterocycles. The quantitative estimate of drug-likeness (QED) is 0.519. The number of amides is 2. The Morgan fingerprint density at radius 1 is 1.19 bits per heavy atom. The normalized spacial score (nSPS) is 23.2. The minimum Gasteiger partial charge on any atom is -0.391 e. The maximum absolute atomic E-state index is 13.9. The van der Waals surface area contributed by atoms with Gasteiger partial charge in [-0.05, 0) is 19.8 Å². The Balaban J connectivity index is 1.66. The molecule has 1 aromatic carbocycles. The number of aliphatic hydroxyl groups is 1. The van der Waals surface area contributed by atoms with Gasteiger partial charge in [-0.15, -0.1) is 0 Å². The first-order chi connectivity index (χ1) is 16.9. The minimum absolute atomic E-state index is 0.0399. The number of carbonyl (C=O) groups excluding carboxylic acids is 3. The largest absolute Gasteiger partial charge is 0.391 e. The van der Waals surface area contributed by atoms with E-state index >= 15 is 0 Å². The van der Waals surface area contributed by atoms with Crippen molar-refractivity contribution < 1.29 is 32.7 Å². The van der Waals surface area contributed by atoms with Gasteiger partial charge >= 0.3 is 0 Å². The van der Waals surface area contributed by atoms with Gasteiger partial charge in [-0.25, -0.2) is 13.2 Å². The predicted molar refractivity (Wildman–Crippen MR) is 125 cm³/mol. The van der Waals surface area contributed by atoms with Gasteiger partial charge in [0.2, 0.25) is 0 Å². The first-order valence-electron chi connectivity index (χ1n) is 11.2. The molecule has 12 heteroatoms. The lowest BCUT2D eigenvalue weighted by Gasteiger charge is -2.44. The van der Waals surface area contributed by atoms with Crippen molar-refractivity contribution in [1.29, 1.82) is 0 Å². The van der Waals surface area contributed by atoms with Crippen LogP contribution in [-0.2, 0) is 11.3 Å². The van der Waals surface area contributed by atoms with Crippen LogP contribution in [0, 0.1) is 17.5 Å². The molecule has 4 rings (SSSR count). The Labute approximate surface area is 212 Å². The van der Waals surface area contributed by atoms with Gasteiger partial charge in [0.1, 0.15) is 34.5 Å². The number of hydrogen-bond acceptors (Lipinski definition) is 5. The summed E-state index contributed by atoms with van der Waals surface area (Å²) >= 11 is 3.13. The van der Waals surface area contributed by atoms with E-state index in [1.165, 1.54) is 9.47 Å². The smallest absolute Gasteiger partial charge is 0.271 e. The maximum Gasteiger partial charge on any atom is 0.271 e. The highest BCUT2D eigenvalue weighted by Gasteiger charge is 2.47. The molecule has 2 aromatic rings. The predicted octanol–water partition coefficient (Wildman–Crippen LogP) is 2.46. The van der Waals surface area contributed by atoms with Crippen molar-refractivity contribution in [3.63, 3.8) is 0 Å². The fourth-order valence-corrected chi connectivity index (χ4v) is 5.08. The van der Waals surface area contributed by atoms with Crippen LogP contribution in [0.2, 0.25) is 0 Å². The lowest BCUT2D eigenvalue weighted by Crippen LogP contribution is -2.55. The average Bonchev–Trinajstić information content (AvgIpc) is 2.92. The summed E-state index contributed by atoms with van der Waals surface area (Å²) in [5.41, 5.74) is -2.68. The number of halogens is 4. The van der Waals surface area contributed by atoms with Crippen LogP contribution in [-0.4, -0.2) is 55.7 Å². The molecule has 0 aliphatic carbocycles. The van der Waals surface area contributed by atoms with Crippen LogP contribution in [0.1, 0.15) is 58.6 Å². The van der Waals surface area contributed by atoms with Gasteiger partial charge in [0.15, 0.2) is 5.43 Å². The number of carbonyl (C=O) groups is 3. The van der Waals surface area contributed by atoms with Gasteiger partial charge in [0.25, 0.3) is 11.8 Å². The number of aliphatic hydroxyl groups excluding tert-OH is 1. The first-order valence-corrected chi connectivity index (χ1v) is 12.3. The molecule has 2 N–H and O–H groups in total. The van der Waals surface area contributed by atoms with E-state index in [1.807, 2.05) is 0 Å². The van der Waals surface area contributed by atoms with Crippen LogP contribution in [0.3, 0.4) is 0 Å². The number of fused-ring (bicyclic) bond motifs is 4. The third-order valence-corrected chi connectivity index (χ3v) is 7.47. The highest BCUT2D eigenvalue weighted by Crippen LogP contribution is 2.38. The molecule has 3 heterocycles. The second-order valence-corrected chi connectivity index (χ2v) is 9.87. The van der Waals surface area contributed by atoms with Crippen LogP contribution in [0.5, 0.6) is 0 Å². The number of benzene rings is 1. The van der Waals surface area contributed by atoms with Crippen LogP contribution in [0.25, 0.3) is 0 Å². The molecular weight excluding hydrogens is 547 g/mol. The second kappa shape index (κ2) is 9.81. The lowest BCUT2D eigenvalue weighted by molar-refractivity contribution is -0.118. The highest BCUT2D eigenvalue weighted by molar-refractivity contribution is 9.09. The van der Waals surface area contributed by atoms with E-state index in [1.54, 1.807) is 6.92 Å². The molecule has 0 spiro atoms. The van der Waals surface area contributed by atoms with Gasteiger partial charge in [0, 0.05) is 55.0 Å². The number of ketones is 1. The number of nitrogens with zero attached hydrogens (tertiary/aromatic N) is 2. The number of pyridine rings is 1. The molecule has 36 heavy (non-hydrogen) atoms. The lowest BCUT2D eigenvalue weighted by atomic mass is 9.88. The summed E-state index contributed by atoms with van der Waals surface area (Å²) in [5, 5.41) is 13.2. The molecule has 3 atom stereocenters. The summed E-state index contributed by atoms with van der Waals surface area (Å²) in [4.78, 5) is 52.6. The van der Waals surface area contributed by atoms with E-state index in [0.717, 1.165) is 12.3 Å². The zero-order chi connectivity index (χ0) is 26.4. The van der Waals surface area contributed by atoms with Crippen molar-refractivity contribution in [2.24, 2.45) is 0 Å². The van der Waals surface area contributed by atoms with Gasteiger partial charge < -0.3 is 19.9 Å². The summed E-state index contributed by atoms with van der Waals surface area (Å²) in [6.07, 6.45) is 0.929. The summed E-state index contributed by atoms with van der Waals surface area (Å²) in [6.45, 7) is 1.19. The average molecular weight is 570 g/mol. The number of nitrogens with one attached hydrogen (secondary N) is 1. The Kier molecular flexibility index (Phi) is 7.11. The summed E-state index contributed by atoms with van der Waals surface area (Å²) in [6, 6.07) is 1.25. The van der Waals surface area contributed by atoms with Crippen LogP contribution < -0.4 is 10.7 Å². The third kappa shape index (κ3) is 4.71. The molecule has 1 fully saturated rings. The van der Waals surface area contributed by atoms with E-state index in [0.29, 0.717) is 18.6 Å². The summed E-state index contributed by atoms with van der Waals surface area (Å²) in [7, 11) is 0. The third-order valence-electron chi connectivity index (χ3n) is 6.85.